The van der Waals surface area contributed by atoms with Crippen LogP contribution in [0.3, 0.4) is 0 Å². The molecule has 2 saturated heterocycles. The summed E-state index contributed by atoms with van der Waals surface area (Å²) in [6.45, 7) is 5.18. The van der Waals surface area contributed by atoms with E-state index in [1.165, 1.54) is 19.3 Å². The van der Waals surface area contributed by atoms with Gasteiger partial charge in [0.05, 0.1) is 13.2 Å². The summed E-state index contributed by atoms with van der Waals surface area (Å²) in [5.74, 6) is 0.631. The van der Waals surface area contributed by atoms with Crippen LogP contribution in [0, 0.1) is 5.92 Å². The van der Waals surface area contributed by atoms with Crippen molar-refractivity contribution in [3.8, 4) is 0 Å². The average Bonchev–Trinajstić information content (AvgIpc) is 2.40. The van der Waals surface area contributed by atoms with E-state index in [1.807, 2.05) is 4.90 Å². The van der Waals surface area contributed by atoms with Crippen molar-refractivity contribution in [1.82, 2.24) is 9.80 Å². The Hall–Kier alpha value is -0.650. The van der Waals surface area contributed by atoms with E-state index in [2.05, 4.69) is 4.90 Å². The van der Waals surface area contributed by atoms with Crippen molar-refractivity contribution in [2.45, 2.75) is 37.7 Å². The van der Waals surface area contributed by atoms with Crippen molar-refractivity contribution in [2.24, 2.45) is 5.92 Å². The number of amides is 1. The number of piperidine rings is 1. The molecule has 0 bridgehead atoms. The first-order valence-corrected chi connectivity index (χ1v) is 7.99. The monoisotopic (exact) mass is 282 g/mol. The van der Waals surface area contributed by atoms with Gasteiger partial charge in [-0.2, -0.15) is 0 Å². The first-order chi connectivity index (χ1) is 9.67. The normalized spacial score (nSPS) is 33.2. The van der Waals surface area contributed by atoms with Gasteiger partial charge in [0, 0.05) is 32.7 Å². The zero-order valence-electron chi connectivity index (χ0n) is 12.2. The highest BCUT2D eigenvalue weighted by atomic mass is 16.5. The standard InChI is InChI=1S/C15H26N2O3/c18-14-15(19,12-16-7-9-20-10-8-16)5-2-6-17(14)11-13-3-1-4-13/h13,19H,1-12H2/t15-/m0/s1. The molecule has 114 valence electrons. The fraction of sp³-hybridized carbons (Fsp3) is 0.933. The molecule has 0 aromatic heterocycles. The van der Waals surface area contributed by atoms with E-state index >= 15 is 0 Å². The summed E-state index contributed by atoms with van der Waals surface area (Å²) in [7, 11) is 0. The second kappa shape index (κ2) is 6.00. The highest BCUT2D eigenvalue weighted by Crippen LogP contribution is 2.30. The molecule has 0 spiro atoms. The van der Waals surface area contributed by atoms with Crippen LogP contribution in [0.15, 0.2) is 0 Å². The molecule has 2 aliphatic heterocycles. The van der Waals surface area contributed by atoms with Gasteiger partial charge in [-0.3, -0.25) is 9.69 Å². The average molecular weight is 282 g/mol. The van der Waals surface area contributed by atoms with E-state index in [-0.39, 0.29) is 5.91 Å². The van der Waals surface area contributed by atoms with Crippen LogP contribution in [-0.2, 0) is 9.53 Å². The summed E-state index contributed by atoms with van der Waals surface area (Å²) in [5.41, 5.74) is -1.17. The Bertz CT molecular complexity index is 353. The Kier molecular flexibility index (Phi) is 4.29. The number of morpholine rings is 1. The fourth-order valence-corrected chi connectivity index (χ4v) is 3.50. The zero-order chi connectivity index (χ0) is 14.0. The summed E-state index contributed by atoms with van der Waals surface area (Å²) in [6.07, 6.45) is 5.30. The van der Waals surface area contributed by atoms with Crippen LogP contribution < -0.4 is 0 Å². The van der Waals surface area contributed by atoms with Gasteiger partial charge in [0.2, 0.25) is 0 Å². The second-order valence-electron chi connectivity index (χ2n) is 6.57. The first kappa shape index (κ1) is 14.3. The van der Waals surface area contributed by atoms with Gasteiger partial charge < -0.3 is 14.7 Å². The first-order valence-electron chi connectivity index (χ1n) is 7.99. The van der Waals surface area contributed by atoms with Crippen molar-refractivity contribution in [3.63, 3.8) is 0 Å². The number of carbonyl (C=O) groups excluding carboxylic acids is 1. The molecule has 3 fully saturated rings. The van der Waals surface area contributed by atoms with Crippen LogP contribution in [0.25, 0.3) is 0 Å². The minimum Gasteiger partial charge on any atom is -0.379 e. The molecule has 20 heavy (non-hydrogen) atoms. The van der Waals surface area contributed by atoms with Crippen LogP contribution in [0.2, 0.25) is 0 Å². The van der Waals surface area contributed by atoms with Crippen LogP contribution in [0.4, 0.5) is 0 Å². The van der Waals surface area contributed by atoms with E-state index in [9.17, 15) is 9.90 Å². The lowest BCUT2D eigenvalue weighted by Gasteiger charge is -2.43. The number of rotatable bonds is 4. The number of carbonyl (C=O) groups is 1. The summed E-state index contributed by atoms with van der Waals surface area (Å²) < 4.78 is 5.33. The molecule has 1 atom stereocenters. The number of hydrogen-bond donors (Lipinski definition) is 1. The molecule has 3 aliphatic rings. The molecule has 2 heterocycles. The Balaban J connectivity index is 1.59. The quantitative estimate of drug-likeness (QED) is 0.814. The van der Waals surface area contributed by atoms with Crippen LogP contribution in [0.1, 0.15) is 32.1 Å². The van der Waals surface area contributed by atoms with Crippen molar-refractivity contribution >= 4 is 5.91 Å². The molecule has 1 N–H and O–H groups in total. The summed E-state index contributed by atoms with van der Waals surface area (Å²) in [6, 6.07) is 0. The van der Waals surface area contributed by atoms with Gasteiger partial charge in [-0.25, -0.2) is 0 Å². The summed E-state index contributed by atoms with van der Waals surface area (Å²) in [4.78, 5) is 16.7. The summed E-state index contributed by atoms with van der Waals surface area (Å²) >= 11 is 0. The van der Waals surface area contributed by atoms with Gasteiger partial charge in [-0.05, 0) is 31.6 Å². The van der Waals surface area contributed by atoms with Crippen molar-refractivity contribution < 1.29 is 14.6 Å². The molecular formula is C15H26N2O3. The molecule has 0 unspecified atom stereocenters. The van der Waals surface area contributed by atoms with Crippen LogP contribution >= 0.6 is 0 Å². The van der Waals surface area contributed by atoms with E-state index in [0.717, 1.165) is 32.6 Å². The number of aliphatic hydroxyl groups is 1. The Labute approximate surface area is 120 Å². The van der Waals surface area contributed by atoms with Gasteiger partial charge in [-0.1, -0.05) is 6.42 Å². The molecule has 1 aliphatic carbocycles. The zero-order valence-corrected chi connectivity index (χ0v) is 12.2. The topological polar surface area (TPSA) is 53.0 Å². The minimum absolute atomic E-state index is 0.0397. The Morgan fingerprint density at radius 1 is 1.20 bits per heavy atom. The van der Waals surface area contributed by atoms with Gasteiger partial charge in [0.1, 0.15) is 0 Å². The summed E-state index contributed by atoms with van der Waals surface area (Å²) in [5, 5.41) is 10.8. The SMILES string of the molecule is O=C1N(CC2CCC2)CCC[C@]1(O)CN1CCOCC1. The van der Waals surface area contributed by atoms with Gasteiger partial charge in [0.25, 0.3) is 5.91 Å². The van der Waals surface area contributed by atoms with Crippen LogP contribution in [0.5, 0.6) is 0 Å². The molecule has 1 saturated carbocycles. The Morgan fingerprint density at radius 2 is 1.95 bits per heavy atom. The molecule has 0 aromatic rings. The number of ether oxygens (including phenoxy) is 1. The second-order valence-corrected chi connectivity index (χ2v) is 6.57. The third kappa shape index (κ3) is 3.00. The van der Waals surface area contributed by atoms with Gasteiger partial charge in [0.15, 0.2) is 5.60 Å². The third-order valence-electron chi connectivity index (χ3n) is 5.00. The van der Waals surface area contributed by atoms with E-state index in [0.29, 0.717) is 32.1 Å². The number of β-amino-alcohol motifs (C(OH)–C–C–N with tert-alkyl or cyclic N) is 1. The maximum Gasteiger partial charge on any atom is 0.255 e. The molecular weight excluding hydrogens is 256 g/mol. The van der Waals surface area contributed by atoms with E-state index in [4.69, 9.17) is 4.74 Å². The fourth-order valence-electron chi connectivity index (χ4n) is 3.50. The number of nitrogens with zero attached hydrogens (tertiary/aromatic N) is 2. The van der Waals surface area contributed by atoms with Crippen molar-refractivity contribution in [1.29, 1.82) is 0 Å². The molecule has 3 rings (SSSR count). The van der Waals surface area contributed by atoms with Gasteiger partial charge >= 0.3 is 0 Å². The number of hydrogen-bond acceptors (Lipinski definition) is 4. The molecule has 1 amide bonds. The smallest absolute Gasteiger partial charge is 0.255 e. The number of likely N-dealkylation sites (tertiary alicyclic amines) is 1. The molecule has 0 radical (unpaired) electrons. The molecule has 5 heteroatoms. The highest BCUT2D eigenvalue weighted by Gasteiger charge is 2.44. The molecule has 5 nitrogen and oxygen atoms in total. The Morgan fingerprint density at radius 3 is 2.60 bits per heavy atom. The van der Waals surface area contributed by atoms with Crippen molar-refractivity contribution in [2.75, 3.05) is 45.9 Å². The lowest BCUT2D eigenvalue weighted by molar-refractivity contribution is -0.162. The largest absolute Gasteiger partial charge is 0.379 e. The van der Waals surface area contributed by atoms with Crippen LogP contribution in [-0.4, -0.2) is 72.4 Å². The minimum atomic E-state index is -1.17. The van der Waals surface area contributed by atoms with E-state index in [1.54, 1.807) is 0 Å². The predicted octanol–water partition coefficient (Wildman–Crippen LogP) is 0.472. The van der Waals surface area contributed by atoms with Gasteiger partial charge in [-0.15, -0.1) is 0 Å². The van der Waals surface area contributed by atoms with Crippen molar-refractivity contribution in [3.05, 3.63) is 0 Å². The lowest BCUT2D eigenvalue weighted by atomic mass is 9.83. The van der Waals surface area contributed by atoms with E-state index < -0.39 is 5.60 Å². The third-order valence-corrected chi connectivity index (χ3v) is 5.00. The maximum atomic E-state index is 12.6. The maximum absolute atomic E-state index is 12.6. The molecule has 0 aromatic carbocycles. The lowest BCUT2D eigenvalue weighted by Crippen LogP contribution is -2.60. The highest BCUT2D eigenvalue weighted by molar-refractivity contribution is 5.86. The predicted molar refractivity (Wildman–Crippen MR) is 75.4 cm³/mol.